The summed E-state index contributed by atoms with van der Waals surface area (Å²) in [5.74, 6) is 0.284. The third kappa shape index (κ3) is 5.88. The minimum atomic E-state index is -3.70. The Labute approximate surface area is 193 Å². The first-order valence-corrected chi connectivity index (χ1v) is 12.1. The van der Waals surface area contributed by atoms with Crippen molar-refractivity contribution in [3.63, 3.8) is 0 Å². The minimum Gasteiger partial charge on any atom is -0.438 e. The van der Waals surface area contributed by atoms with Gasteiger partial charge in [0.05, 0.1) is 11.0 Å². The highest BCUT2D eigenvalue weighted by Gasteiger charge is 2.19. The van der Waals surface area contributed by atoms with Crippen LogP contribution in [0.1, 0.15) is 28.8 Å². The topological polar surface area (TPSA) is 107 Å². The molecular weight excluding hydrogens is 442 g/mol. The number of carbonyl (C=O) groups is 1. The van der Waals surface area contributed by atoms with E-state index in [4.69, 9.17) is 9.47 Å². The Hall–Kier alpha value is -3.43. The van der Waals surface area contributed by atoms with Gasteiger partial charge < -0.3 is 14.8 Å². The average Bonchev–Trinajstić information content (AvgIpc) is 3.33. The van der Waals surface area contributed by atoms with Crippen molar-refractivity contribution in [1.82, 2.24) is 10.3 Å². The van der Waals surface area contributed by atoms with E-state index in [1.807, 2.05) is 6.92 Å². The van der Waals surface area contributed by atoms with Crippen LogP contribution in [0.5, 0.6) is 11.6 Å². The quantitative estimate of drug-likeness (QED) is 0.521. The highest BCUT2D eigenvalue weighted by Crippen LogP contribution is 2.25. The van der Waals surface area contributed by atoms with Gasteiger partial charge in [-0.1, -0.05) is 17.7 Å². The lowest BCUT2D eigenvalue weighted by atomic mass is 10.2. The summed E-state index contributed by atoms with van der Waals surface area (Å²) >= 11 is 0. The van der Waals surface area contributed by atoms with Gasteiger partial charge in [-0.25, -0.2) is 13.4 Å². The molecule has 2 heterocycles. The second-order valence-electron chi connectivity index (χ2n) is 7.75. The molecule has 1 aromatic heterocycles. The van der Waals surface area contributed by atoms with E-state index in [0.29, 0.717) is 23.5 Å². The molecule has 1 fully saturated rings. The normalized spacial score (nSPS) is 15.7. The lowest BCUT2D eigenvalue weighted by molar-refractivity contribution is 0.0855. The molecule has 0 aliphatic carbocycles. The number of aromatic nitrogens is 1. The van der Waals surface area contributed by atoms with Gasteiger partial charge in [0.15, 0.2) is 0 Å². The van der Waals surface area contributed by atoms with Crippen LogP contribution in [-0.2, 0) is 14.8 Å². The molecule has 1 aliphatic rings. The first-order valence-electron chi connectivity index (χ1n) is 10.6. The zero-order chi connectivity index (χ0) is 23.3. The van der Waals surface area contributed by atoms with E-state index >= 15 is 0 Å². The largest absolute Gasteiger partial charge is 0.438 e. The third-order valence-electron chi connectivity index (χ3n) is 5.18. The van der Waals surface area contributed by atoms with Crippen molar-refractivity contribution in [3.05, 3.63) is 78.0 Å². The summed E-state index contributed by atoms with van der Waals surface area (Å²) in [5.41, 5.74) is 1.67. The predicted molar refractivity (Wildman–Crippen MR) is 124 cm³/mol. The molecule has 8 nitrogen and oxygen atoms in total. The van der Waals surface area contributed by atoms with Gasteiger partial charge in [0.1, 0.15) is 11.3 Å². The van der Waals surface area contributed by atoms with Crippen molar-refractivity contribution in [1.29, 1.82) is 0 Å². The van der Waals surface area contributed by atoms with Gasteiger partial charge >= 0.3 is 0 Å². The molecule has 0 unspecified atom stereocenters. The molecule has 1 atom stereocenters. The van der Waals surface area contributed by atoms with Crippen molar-refractivity contribution in [2.45, 2.75) is 30.8 Å². The van der Waals surface area contributed by atoms with Gasteiger partial charge in [-0.3, -0.25) is 9.52 Å². The fourth-order valence-electron chi connectivity index (χ4n) is 3.39. The Morgan fingerprint density at radius 1 is 1.12 bits per heavy atom. The number of ether oxygens (including phenoxy) is 2. The van der Waals surface area contributed by atoms with E-state index in [9.17, 15) is 13.2 Å². The van der Waals surface area contributed by atoms with Crippen molar-refractivity contribution < 1.29 is 22.7 Å². The maximum Gasteiger partial charge on any atom is 0.261 e. The zero-order valence-electron chi connectivity index (χ0n) is 18.2. The lowest BCUT2D eigenvalue weighted by Crippen LogP contribution is -2.32. The number of benzene rings is 2. The Bertz CT molecular complexity index is 1210. The van der Waals surface area contributed by atoms with Crippen LogP contribution >= 0.6 is 0 Å². The summed E-state index contributed by atoms with van der Waals surface area (Å²) in [6.45, 7) is 3.05. The second kappa shape index (κ2) is 10.0. The van der Waals surface area contributed by atoms with Gasteiger partial charge in [0.25, 0.3) is 15.9 Å². The van der Waals surface area contributed by atoms with Crippen LogP contribution in [0.25, 0.3) is 0 Å². The minimum absolute atomic E-state index is 0.0335. The summed E-state index contributed by atoms with van der Waals surface area (Å²) in [4.78, 5) is 17.0. The van der Waals surface area contributed by atoms with E-state index in [1.54, 1.807) is 60.7 Å². The Morgan fingerprint density at radius 3 is 2.58 bits per heavy atom. The predicted octanol–water partition coefficient (Wildman–Crippen LogP) is 3.89. The number of nitrogens with one attached hydrogen (secondary N) is 2. The number of rotatable bonds is 8. The standard InChI is InChI=1S/C24H25N3O5S/c1-17-6-12-21(13-7-17)33(29,30)27-18-8-10-19(11-9-18)32-24-22(5-2-14-25-24)23(28)26-16-20-4-3-15-31-20/h2,5-14,20,27H,3-4,15-16H2,1H3,(H,26,28)/t20-/m0/s1. The van der Waals surface area contributed by atoms with Crippen LogP contribution in [0.2, 0.25) is 0 Å². The van der Waals surface area contributed by atoms with Crippen molar-refractivity contribution in [2.75, 3.05) is 17.9 Å². The Balaban J connectivity index is 1.42. The molecule has 1 amide bonds. The molecule has 172 valence electrons. The highest BCUT2D eigenvalue weighted by molar-refractivity contribution is 7.92. The molecule has 2 N–H and O–H groups in total. The van der Waals surface area contributed by atoms with Gasteiger partial charge in [-0.2, -0.15) is 0 Å². The van der Waals surface area contributed by atoms with Crippen LogP contribution in [0.15, 0.2) is 71.8 Å². The first-order chi connectivity index (χ1) is 15.9. The molecule has 0 bridgehead atoms. The van der Waals surface area contributed by atoms with Gasteiger partial charge in [-0.15, -0.1) is 0 Å². The van der Waals surface area contributed by atoms with Crippen LogP contribution < -0.4 is 14.8 Å². The lowest BCUT2D eigenvalue weighted by Gasteiger charge is -2.13. The van der Waals surface area contributed by atoms with Crippen LogP contribution in [0.4, 0.5) is 5.69 Å². The molecule has 0 saturated carbocycles. The summed E-state index contributed by atoms with van der Waals surface area (Å²) < 4.78 is 39.0. The van der Waals surface area contributed by atoms with Gasteiger partial charge in [0.2, 0.25) is 5.88 Å². The molecular formula is C24H25N3O5S. The van der Waals surface area contributed by atoms with Gasteiger partial charge in [0, 0.05) is 25.0 Å². The molecule has 2 aromatic carbocycles. The Morgan fingerprint density at radius 2 is 1.88 bits per heavy atom. The number of nitrogens with zero attached hydrogens (tertiary/aromatic N) is 1. The van der Waals surface area contributed by atoms with Crippen LogP contribution in [0, 0.1) is 6.92 Å². The number of amides is 1. The molecule has 0 radical (unpaired) electrons. The number of hydrogen-bond acceptors (Lipinski definition) is 6. The molecule has 0 spiro atoms. The molecule has 4 rings (SSSR count). The smallest absolute Gasteiger partial charge is 0.261 e. The number of carbonyl (C=O) groups excluding carboxylic acids is 1. The van der Waals surface area contributed by atoms with Crippen molar-refractivity contribution >= 4 is 21.6 Å². The average molecular weight is 468 g/mol. The summed E-state index contributed by atoms with van der Waals surface area (Å²) in [5, 5.41) is 2.86. The van der Waals surface area contributed by atoms with Crippen LogP contribution in [0.3, 0.4) is 0 Å². The summed E-state index contributed by atoms with van der Waals surface area (Å²) in [6, 6.07) is 16.3. The molecule has 1 aliphatic heterocycles. The van der Waals surface area contributed by atoms with Crippen LogP contribution in [-0.4, -0.2) is 38.6 Å². The monoisotopic (exact) mass is 467 g/mol. The maximum absolute atomic E-state index is 12.6. The van der Waals surface area contributed by atoms with E-state index in [2.05, 4.69) is 15.0 Å². The fourth-order valence-corrected chi connectivity index (χ4v) is 4.44. The summed E-state index contributed by atoms with van der Waals surface area (Å²) in [6.07, 6.45) is 3.50. The molecule has 3 aromatic rings. The summed E-state index contributed by atoms with van der Waals surface area (Å²) in [7, 11) is -3.70. The third-order valence-corrected chi connectivity index (χ3v) is 6.58. The number of pyridine rings is 1. The number of anilines is 1. The number of sulfonamides is 1. The van der Waals surface area contributed by atoms with E-state index in [1.165, 1.54) is 6.20 Å². The first kappa shape index (κ1) is 22.8. The zero-order valence-corrected chi connectivity index (χ0v) is 19.0. The van der Waals surface area contributed by atoms with Gasteiger partial charge in [-0.05, 0) is 68.3 Å². The highest BCUT2D eigenvalue weighted by atomic mass is 32.2. The van der Waals surface area contributed by atoms with E-state index in [0.717, 1.165) is 25.0 Å². The second-order valence-corrected chi connectivity index (χ2v) is 9.43. The number of aryl methyl sites for hydroxylation is 1. The molecule has 9 heteroatoms. The van der Waals surface area contributed by atoms with E-state index in [-0.39, 0.29) is 22.8 Å². The number of hydrogen-bond donors (Lipinski definition) is 2. The van der Waals surface area contributed by atoms with Crippen molar-refractivity contribution in [3.8, 4) is 11.6 Å². The van der Waals surface area contributed by atoms with E-state index < -0.39 is 10.0 Å². The fraction of sp³-hybridized carbons (Fsp3) is 0.250. The molecule has 1 saturated heterocycles. The SMILES string of the molecule is Cc1ccc(S(=O)(=O)Nc2ccc(Oc3ncccc3C(=O)NC[C@@H]3CCCO3)cc2)cc1. The molecule has 33 heavy (non-hydrogen) atoms. The maximum atomic E-state index is 12.6. The Kier molecular flexibility index (Phi) is 6.90. The van der Waals surface area contributed by atoms with Crippen molar-refractivity contribution in [2.24, 2.45) is 0 Å².